The SMILES string of the molecule is Cc1cccc2c(CN3CCC4(CC3)CC(c3ccc(C(=O)O)cc3)=NO4)cn(C3CC3)c12. The zero-order chi connectivity index (χ0) is 22.6. The third kappa shape index (κ3) is 3.72. The van der Waals surface area contributed by atoms with Crippen molar-refractivity contribution in [2.24, 2.45) is 5.16 Å². The molecule has 0 atom stereocenters. The molecule has 3 aromatic rings. The molecule has 6 rings (SSSR count). The molecule has 1 saturated carbocycles. The number of hydrogen-bond acceptors (Lipinski definition) is 4. The molecule has 1 N–H and O–H groups in total. The first-order valence-corrected chi connectivity index (χ1v) is 11.9. The molecular weight excluding hydrogens is 414 g/mol. The number of aromatic nitrogens is 1. The van der Waals surface area contributed by atoms with Gasteiger partial charge >= 0.3 is 5.97 Å². The lowest BCUT2D eigenvalue weighted by Crippen LogP contribution is -2.44. The van der Waals surface area contributed by atoms with E-state index in [1.54, 1.807) is 12.1 Å². The van der Waals surface area contributed by atoms with Crippen LogP contribution in [0.5, 0.6) is 0 Å². The van der Waals surface area contributed by atoms with Crippen LogP contribution in [-0.2, 0) is 11.4 Å². The topological polar surface area (TPSA) is 67.1 Å². The van der Waals surface area contributed by atoms with Crippen LogP contribution < -0.4 is 0 Å². The third-order valence-electron chi connectivity index (χ3n) is 7.54. The van der Waals surface area contributed by atoms with Crippen LogP contribution in [0.4, 0.5) is 0 Å². The van der Waals surface area contributed by atoms with Gasteiger partial charge in [-0.2, -0.15) is 0 Å². The Kier molecular flexibility index (Phi) is 4.80. The van der Waals surface area contributed by atoms with Gasteiger partial charge < -0.3 is 14.5 Å². The largest absolute Gasteiger partial charge is 0.478 e. The molecule has 0 radical (unpaired) electrons. The number of rotatable bonds is 5. The lowest BCUT2D eigenvalue weighted by molar-refractivity contribution is -0.0626. The highest BCUT2D eigenvalue weighted by molar-refractivity contribution is 6.02. The number of piperidine rings is 1. The van der Waals surface area contributed by atoms with Crippen LogP contribution in [0.3, 0.4) is 0 Å². The second-order valence-electron chi connectivity index (χ2n) is 9.91. The van der Waals surface area contributed by atoms with E-state index in [1.807, 2.05) is 12.1 Å². The van der Waals surface area contributed by atoms with Crippen LogP contribution in [0.15, 0.2) is 53.8 Å². The Bertz CT molecular complexity index is 1250. The predicted octanol–water partition coefficient (Wildman–Crippen LogP) is 5.14. The molecule has 33 heavy (non-hydrogen) atoms. The zero-order valence-corrected chi connectivity index (χ0v) is 19.0. The molecule has 1 saturated heterocycles. The van der Waals surface area contributed by atoms with E-state index in [0.29, 0.717) is 11.6 Å². The number of para-hydroxylation sites is 1. The summed E-state index contributed by atoms with van der Waals surface area (Å²) < 4.78 is 2.52. The number of carboxylic acids is 1. The third-order valence-corrected chi connectivity index (χ3v) is 7.54. The summed E-state index contributed by atoms with van der Waals surface area (Å²) in [6, 6.07) is 14.3. The van der Waals surface area contributed by atoms with Gasteiger partial charge in [-0.1, -0.05) is 35.5 Å². The monoisotopic (exact) mass is 443 g/mol. The van der Waals surface area contributed by atoms with Crippen LogP contribution in [-0.4, -0.2) is 44.9 Å². The maximum Gasteiger partial charge on any atom is 0.335 e. The summed E-state index contributed by atoms with van der Waals surface area (Å²) in [7, 11) is 0. The number of likely N-dealkylation sites (tertiary alicyclic amines) is 1. The van der Waals surface area contributed by atoms with Crippen LogP contribution in [0.2, 0.25) is 0 Å². The zero-order valence-electron chi connectivity index (χ0n) is 19.0. The maximum atomic E-state index is 11.1. The van der Waals surface area contributed by atoms with Crippen molar-refractivity contribution in [3.63, 3.8) is 0 Å². The van der Waals surface area contributed by atoms with Crippen molar-refractivity contribution < 1.29 is 14.7 Å². The van der Waals surface area contributed by atoms with Crippen LogP contribution in [0, 0.1) is 6.92 Å². The standard InChI is InChI=1S/C27H29N3O3/c1-18-3-2-4-23-21(17-30(25(18)23)22-9-10-22)16-29-13-11-27(12-14-29)15-24(28-33-27)19-5-7-20(8-6-19)26(31)32/h2-8,17,22H,9-16H2,1H3,(H,31,32). The van der Waals surface area contributed by atoms with Crippen LogP contribution >= 0.6 is 0 Å². The molecule has 0 unspecified atom stereocenters. The first kappa shape index (κ1) is 20.5. The Morgan fingerprint density at radius 2 is 1.91 bits per heavy atom. The van der Waals surface area contributed by atoms with E-state index in [0.717, 1.165) is 50.2 Å². The highest BCUT2D eigenvalue weighted by atomic mass is 16.7. The predicted molar refractivity (Wildman–Crippen MR) is 128 cm³/mol. The minimum Gasteiger partial charge on any atom is -0.478 e. The highest BCUT2D eigenvalue weighted by Gasteiger charge is 2.42. The van der Waals surface area contributed by atoms with Crippen LogP contribution in [0.25, 0.3) is 10.9 Å². The molecule has 6 heteroatoms. The Morgan fingerprint density at radius 3 is 2.61 bits per heavy atom. The smallest absolute Gasteiger partial charge is 0.335 e. The second-order valence-corrected chi connectivity index (χ2v) is 9.91. The summed E-state index contributed by atoms with van der Waals surface area (Å²) >= 11 is 0. The molecule has 0 amide bonds. The molecule has 1 aromatic heterocycles. The molecule has 3 aliphatic rings. The van der Waals surface area contributed by atoms with Crippen LogP contribution in [0.1, 0.15) is 65.2 Å². The van der Waals surface area contributed by atoms with Gasteiger partial charge in [-0.05, 0) is 48.6 Å². The summed E-state index contributed by atoms with van der Waals surface area (Å²) in [5, 5.41) is 14.9. The molecule has 1 aliphatic carbocycles. The summed E-state index contributed by atoms with van der Waals surface area (Å²) in [5.74, 6) is -0.912. The number of carbonyl (C=O) groups is 1. The normalized spacial score (nSPS) is 20.2. The van der Waals surface area contributed by atoms with Gasteiger partial charge in [-0.15, -0.1) is 0 Å². The van der Waals surface area contributed by atoms with Gasteiger partial charge in [0.25, 0.3) is 0 Å². The van der Waals surface area contributed by atoms with E-state index >= 15 is 0 Å². The number of aryl methyl sites for hydroxylation is 1. The van der Waals surface area contributed by atoms with Gasteiger partial charge in [0, 0.05) is 56.5 Å². The van der Waals surface area contributed by atoms with Gasteiger partial charge in [-0.25, -0.2) is 4.79 Å². The van der Waals surface area contributed by atoms with Crippen molar-refractivity contribution in [3.8, 4) is 0 Å². The first-order valence-electron chi connectivity index (χ1n) is 11.9. The van der Waals surface area contributed by atoms with Crippen molar-refractivity contribution in [2.45, 2.75) is 57.2 Å². The van der Waals surface area contributed by atoms with Crippen molar-refractivity contribution in [3.05, 3.63) is 70.9 Å². The molecule has 170 valence electrons. The Balaban J connectivity index is 1.12. The van der Waals surface area contributed by atoms with Crippen molar-refractivity contribution >= 4 is 22.6 Å². The van der Waals surface area contributed by atoms with E-state index in [-0.39, 0.29) is 5.60 Å². The fourth-order valence-electron chi connectivity index (χ4n) is 5.44. The summed E-state index contributed by atoms with van der Waals surface area (Å²) in [4.78, 5) is 19.6. The molecule has 0 bridgehead atoms. The van der Waals surface area contributed by atoms with Gasteiger partial charge in [0.15, 0.2) is 0 Å². The Hall–Kier alpha value is -3.12. The van der Waals surface area contributed by atoms with E-state index in [4.69, 9.17) is 9.94 Å². The number of hydrogen-bond donors (Lipinski definition) is 1. The molecule has 2 aromatic carbocycles. The Morgan fingerprint density at radius 1 is 1.15 bits per heavy atom. The average Bonchev–Trinajstić information content (AvgIpc) is 3.49. The summed E-state index contributed by atoms with van der Waals surface area (Å²) in [6.45, 7) is 5.17. The van der Waals surface area contributed by atoms with E-state index < -0.39 is 5.97 Å². The second kappa shape index (κ2) is 7.73. The van der Waals surface area contributed by atoms with Gasteiger partial charge in [-0.3, -0.25) is 4.90 Å². The van der Waals surface area contributed by atoms with Gasteiger partial charge in [0.2, 0.25) is 0 Å². The van der Waals surface area contributed by atoms with E-state index in [1.165, 1.54) is 34.9 Å². The first-order chi connectivity index (χ1) is 16.0. The number of carboxylic acid groups (broad SMARTS) is 1. The van der Waals surface area contributed by atoms with Gasteiger partial charge in [0.05, 0.1) is 16.8 Å². The lowest BCUT2D eigenvalue weighted by atomic mass is 9.85. The van der Waals surface area contributed by atoms with Crippen molar-refractivity contribution in [2.75, 3.05) is 13.1 Å². The molecule has 2 aliphatic heterocycles. The maximum absolute atomic E-state index is 11.1. The summed E-state index contributed by atoms with van der Waals surface area (Å²) in [6.07, 6.45) is 7.67. The van der Waals surface area contributed by atoms with Crippen molar-refractivity contribution in [1.82, 2.24) is 9.47 Å². The Labute approximate surface area is 193 Å². The molecule has 6 nitrogen and oxygen atoms in total. The molecule has 2 fully saturated rings. The summed E-state index contributed by atoms with van der Waals surface area (Å²) in [5.41, 5.74) is 6.14. The quantitative estimate of drug-likeness (QED) is 0.593. The number of benzene rings is 2. The highest BCUT2D eigenvalue weighted by Crippen LogP contribution is 2.41. The minimum absolute atomic E-state index is 0.226. The fraction of sp³-hybridized carbons (Fsp3) is 0.407. The number of aromatic carboxylic acids is 1. The van der Waals surface area contributed by atoms with E-state index in [2.05, 4.69) is 45.9 Å². The lowest BCUT2D eigenvalue weighted by Gasteiger charge is -2.37. The van der Waals surface area contributed by atoms with E-state index in [9.17, 15) is 4.79 Å². The van der Waals surface area contributed by atoms with Gasteiger partial charge in [0.1, 0.15) is 5.60 Å². The molecule has 3 heterocycles. The molecular formula is C27H29N3O3. The fourth-order valence-corrected chi connectivity index (χ4v) is 5.44. The number of nitrogens with zero attached hydrogens (tertiary/aromatic N) is 3. The average molecular weight is 444 g/mol. The number of fused-ring (bicyclic) bond motifs is 1. The van der Waals surface area contributed by atoms with Crippen molar-refractivity contribution in [1.29, 1.82) is 0 Å². The number of oxime groups is 1. The minimum atomic E-state index is -0.912. The molecule has 1 spiro atoms.